The molecule has 1 aliphatic carbocycles. The molecule has 1 nitrogen and oxygen atoms in total. The predicted molar refractivity (Wildman–Crippen MR) is 125 cm³/mol. The van der Waals surface area contributed by atoms with Crippen LogP contribution in [0.15, 0.2) is 101 Å². The summed E-state index contributed by atoms with van der Waals surface area (Å²) in [5, 5.41) is 4.81. The average Bonchev–Trinajstić information content (AvgIpc) is 3.35. The number of fused-ring (bicyclic) bond motifs is 8. The van der Waals surface area contributed by atoms with Crippen molar-refractivity contribution in [2.45, 2.75) is 6.42 Å². The molecule has 5 aromatic carbocycles. The summed E-state index contributed by atoms with van der Waals surface area (Å²) in [5.41, 5.74) is 9.96. The fraction of sp³-hybridized carbons (Fsp3) is 0.0345. The van der Waals surface area contributed by atoms with Gasteiger partial charge in [-0.3, -0.25) is 0 Å². The van der Waals surface area contributed by atoms with Gasteiger partial charge in [0.15, 0.2) is 0 Å². The second-order valence-corrected chi connectivity index (χ2v) is 8.19. The van der Waals surface area contributed by atoms with Gasteiger partial charge < -0.3 is 4.42 Å². The number of hydrogen-bond donors (Lipinski definition) is 0. The SMILES string of the molecule is c1ccc(-c2ccc3c(c2)-c2cc4c(ccc5c6ccccc6oc45)cc2C3)cc1. The van der Waals surface area contributed by atoms with E-state index in [1.54, 1.807) is 0 Å². The van der Waals surface area contributed by atoms with Gasteiger partial charge in [-0.05, 0) is 69.5 Å². The highest BCUT2D eigenvalue weighted by molar-refractivity contribution is 6.16. The van der Waals surface area contributed by atoms with E-state index in [-0.39, 0.29) is 0 Å². The molecule has 1 heterocycles. The van der Waals surface area contributed by atoms with E-state index in [1.807, 2.05) is 6.07 Å². The zero-order chi connectivity index (χ0) is 19.7. The Kier molecular flexibility index (Phi) is 3.12. The molecular formula is C29H18O. The molecule has 0 saturated carbocycles. The number of para-hydroxylation sites is 1. The van der Waals surface area contributed by atoms with Crippen LogP contribution >= 0.6 is 0 Å². The lowest BCUT2D eigenvalue weighted by atomic mass is 9.96. The minimum Gasteiger partial charge on any atom is -0.455 e. The molecule has 140 valence electrons. The van der Waals surface area contributed by atoms with Crippen molar-refractivity contribution in [2.75, 3.05) is 0 Å². The number of hydrogen-bond acceptors (Lipinski definition) is 1. The van der Waals surface area contributed by atoms with Crippen LogP contribution < -0.4 is 0 Å². The summed E-state index contributed by atoms with van der Waals surface area (Å²) < 4.78 is 6.31. The summed E-state index contributed by atoms with van der Waals surface area (Å²) in [6.07, 6.45) is 0.994. The molecule has 30 heavy (non-hydrogen) atoms. The first-order valence-electron chi connectivity index (χ1n) is 10.4. The van der Waals surface area contributed by atoms with Gasteiger partial charge >= 0.3 is 0 Å². The zero-order valence-corrected chi connectivity index (χ0v) is 16.4. The van der Waals surface area contributed by atoms with E-state index in [1.165, 1.54) is 54.9 Å². The fourth-order valence-corrected chi connectivity index (χ4v) is 5.00. The summed E-state index contributed by atoms with van der Waals surface area (Å²) >= 11 is 0. The van der Waals surface area contributed by atoms with Crippen molar-refractivity contribution in [1.82, 2.24) is 0 Å². The smallest absolute Gasteiger partial charge is 0.143 e. The van der Waals surface area contributed by atoms with E-state index in [0.29, 0.717) is 0 Å². The highest BCUT2D eigenvalue weighted by Gasteiger charge is 2.21. The van der Waals surface area contributed by atoms with Gasteiger partial charge in [0.25, 0.3) is 0 Å². The lowest BCUT2D eigenvalue weighted by molar-refractivity contribution is 0.672. The van der Waals surface area contributed by atoms with Crippen molar-refractivity contribution < 1.29 is 4.42 Å². The van der Waals surface area contributed by atoms with Crippen molar-refractivity contribution in [2.24, 2.45) is 0 Å². The zero-order valence-electron chi connectivity index (χ0n) is 16.4. The van der Waals surface area contributed by atoms with Gasteiger partial charge in [0, 0.05) is 16.2 Å². The monoisotopic (exact) mass is 382 g/mol. The first-order chi connectivity index (χ1) is 14.8. The van der Waals surface area contributed by atoms with E-state index in [4.69, 9.17) is 4.42 Å². The van der Waals surface area contributed by atoms with Crippen molar-refractivity contribution in [3.8, 4) is 22.3 Å². The lowest BCUT2D eigenvalue weighted by Crippen LogP contribution is -1.83. The van der Waals surface area contributed by atoms with Crippen molar-refractivity contribution >= 4 is 32.7 Å². The van der Waals surface area contributed by atoms with Gasteiger partial charge in [-0.25, -0.2) is 0 Å². The Hall–Kier alpha value is -3.84. The van der Waals surface area contributed by atoms with Crippen LogP contribution in [0.1, 0.15) is 11.1 Å². The highest BCUT2D eigenvalue weighted by Crippen LogP contribution is 2.43. The Bertz CT molecular complexity index is 1600. The third kappa shape index (κ3) is 2.18. The summed E-state index contributed by atoms with van der Waals surface area (Å²) in [6, 6.07) is 34.9. The van der Waals surface area contributed by atoms with E-state index in [2.05, 4.69) is 91.0 Å². The standard InChI is InChI=1S/C29H18O/c1-2-6-18(7-3-1)19-10-11-20-14-22-15-21-12-13-24-23-8-4-5-9-28(23)30-29(24)27(21)17-26(22)25(20)16-19/h1-13,15-17H,14H2. The molecule has 0 spiro atoms. The van der Waals surface area contributed by atoms with E-state index in [0.717, 1.165) is 17.6 Å². The van der Waals surface area contributed by atoms with Crippen LogP contribution in [0.2, 0.25) is 0 Å². The highest BCUT2D eigenvalue weighted by atomic mass is 16.3. The van der Waals surface area contributed by atoms with Gasteiger partial charge in [0.05, 0.1) is 0 Å². The molecule has 0 amide bonds. The fourth-order valence-electron chi connectivity index (χ4n) is 5.00. The Morgan fingerprint density at radius 3 is 2.30 bits per heavy atom. The summed E-state index contributed by atoms with van der Waals surface area (Å²) in [4.78, 5) is 0. The maximum Gasteiger partial charge on any atom is 0.143 e. The van der Waals surface area contributed by atoms with Gasteiger partial charge in [-0.1, -0.05) is 72.8 Å². The van der Waals surface area contributed by atoms with Crippen molar-refractivity contribution in [1.29, 1.82) is 0 Å². The molecule has 7 rings (SSSR count). The Morgan fingerprint density at radius 1 is 0.533 bits per heavy atom. The molecule has 0 atom stereocenters. The van der Waals surface area contributed by atoms with Gasteiger partial charge in [0.2, 0.25) is 0 Å². The molecule has 0 N–H and O–H groups in total. The summed E-state index contributed by atoms with van der Waals surface area (Å²) in [5.74, 6) is 0. The van der Waals surface area contributed by atoms with Crippen LogP contribution in [0.25, 0.3) is 55.0 Å². The minimum absolute atomic E-state index is 0.951. The average molecular weight is 382 g/mol. The van der Waals surface area contributed by atoms with Crippen LogP contribution in [0.3, 0.4) is 0 Å². The number of furan rings is 1. The number of rotatable bonds is 1. The van der Waals surface area contributed by atoms with E-state index >= 15 is 0 Å². The Labute approximate surface area is 174 Å². The van der Waals surface area contributed by atoms with Crippen LogP contribution in [-0.4, -0.2) is 0 Å². The quantitative estimate of drug-likeness (QED) is 0.280. The summed E-state index contributed by atoms with van der Waals surface area (Å²) in [6.45, 7) is 0. The van der Waals surface area contributed by atoms with Crippen molar-refractivity contribution in [3.63, 3.8) is 0 Å². The first kappa shape index (κ1) is 16.0. The lowest BCUT2D eigenvalue weighted by Gasteiger charge is -2.07. The topological polar surface area (TPSA) is 13.1 Å². The van der Waals surface area contributed by atoms with E-state index in [9.17, 15) is 0 Å². The van der Waals surface area contributed by atoms with Crippen LogP contribution in [0, 0.1) is 0 Å². The molecule has 0 fully saturated rings. The minimum atomic E-state index is 0.951. The molecule has 1 aliphatic rings. The molecule has 0 saturated heterocycles. The first-order valence-corrected chi connectivity index (χ1v) is 10.4. The maximum absolute atomic E-state index is 6.31. The van der Waals surface area contributed by atoms with E-state index < -0.39 is 0 Å². The van der Waals surface area contributed by atoms with Crippen LogP contribution in [0.5, 0.6) is 0 Å². The molecule has 1 aromatic heterocycles. The molecule has 0 bridgehead atoms. The Balaban J connectivity index is 1.50. The molecule has 6 aromatic rings. The normalized spacial score (nSPS) is 12.5. The van der Waals surface area contributed by atoms with Crippen LogP contribution in [0.4, 0.5) is 0 Å². The largest absolute Gasteiger partial charge is 0.455 e. The van der Waals surface area contributed by atoms with Crippen molar-refractivity contribution in [3.05, 3.63) is 108 Å². The third-order valence-electron chi connectivity index (χ3n) is 6.47. The molecule has 1 heteroatoms. The summed E-state index contributed by atoms with van der Waals surface area (Å²) in [7, 11) is 0. The third-order valence-corrected chi connectivity index (χ3v) is 6.47. The van der Waals surface area contributed by atoms with Gasteiger partial charge in [0.1, 0.15) is 11.2 Å². The second kappa shape index (κ2) is 5.84. The second-order valence-electron chi connectivity index (χ2n) is 8.19. The molecule has 0 aliphatic heterocycles. The van der Waals surface area contributed by atoms with Gasteiger partial charge in [-0.15, -0.1) is 0 Å². The maximum atomic E-state index is 6.31. The molecule has 0 radical (unpaired) electrons. The van der Waals surface area contributed by atoms with Gasteiger partial charge in [-0.2, -0.15) is 0 Å². The molecule has 0 unspecified atom stereocenters. The Morgan fingerprint density at radius 2 is 1.37 bits per heavy atom. The molecular weight excluding hydrogens is 364 g/mol. The number of benzene rings is 5. The predicted octanol–water partition coefficient (Wildman–Crippen LogP) is 7.98. The van der Waals surface area contributed by atoms with Crippen LogP contribution in [-0.2, 0) is 6.42 Å².